The van der Waals surface area contributed by atoms with Crippen LogP contribution in [0, 0.1) is 13.8 Å². The van der Waals surface area contributed by atoms with E-state index >= 15 is 0 Å². The molecule has 4 aromatic rings. The molecule has 2 fully saturated rings. The van der Waals surface area contributed by atoms with Gasteiger partial charge in [-0.2, -0.15) is 0 Å². The maximum atomic E-state index is 12.7. The van der Waals surface area contributed by atoms with E-state index in [4.69, 9.17) is 27.8 Å². The van der Waals surface area contributed by atoms with Gasteiger partial charge in [0.05, 0.1) is 37.6 Å². The molecule has 15 heteroatoms. The second-order valence-corrected chi connectivity index (χ2v) is 13.5. The maximum Gasteiger partial charge on any atom is 0.341 e. The van der Waals surface area contributed by atoms with Gasteiger partial charge in [0.2, 0.25) is 0 Å². The van der Waals surface area contributed by atoms with Crippen LogP contribution in [0.1, 0.15) is 22.3 Å². The number of rotatable bonds is 10. The highest BCUT2D eigenvalue weighted by Crippen LogP contribution is 2.38. The molecule has 14 nitrogen and oxygen atoms in total. The van der Waals surface area contributed by atoms with Crippen LogP contribution >= 0.6 is 11.8 Å². The molecule has 2 aliphatic rings. The normalized spacial score (nSPS) is 30.6. The summed E-state index contributed by atoms with van der Waals surface area (Å²) >= 11 is 0.754. The molecule has 10 atom stereocenters. The second-order valence-electron chi connectivity index (χ2n) is 12.3. The Hall–Kier alpha value is -3.19. The number of aryl methyl sites for hydroxylation is 2. The minimum absolute atomic E-state index is 0.133. The molecule has 264 valence electrons. The van der Waals surface area contributed by atoms with Crippen molar-refractivity contribution in [3.05, 3.63) is 91.6 Å². The highest BCUT2D eigenvalue weighted by molar-refractivity contribution is 8.00. The fourth-order valence-electron chi connectivity index (χ4n) is 5.95. The van der Waals surface area contributed by atoms with Gasteiger partial charge in [-0.25, -0.2) is 9.59 Å². The summed E-state index contributed by atoms with van der Waals surface area (Å²) in [7, 11) is 0. The van der Waals surface area contributed by atoms with Gasteiger partial charge >= 0.3 is 11.3 Å². The molecule has 0 aliphatic carbocycles. The summed E-state index contributed by atoms with van der Waals surface area (Å²) in [6.07, 6.45) is -11.3. The molecule has 0 amide bonds. The third kappa shape index (κ3) is 7.48. The van der Waals surface area contributed by atoms with Crippen molar-refractivity contribution in [2.75, 3.05) is 13.2 Å². The van der Waals surface area contributed by atoms with Gasteiger partial charge in [-0.15, -0.1) is 0 Å². The fourth-order valence-corrected chi connectivity index (χ4v) is 7.26. The van der Waals surface area contributed by atoms with Crippen LogP contribution in [0.4, 0.5) is 0 Å². The lowest BCUT2D eigenvalue weighted by Crippen LogP contribution is -2.61. The Labute approximate surface area is 283 Å². The van der Waals surface area contributed by atoms with Crippen LogP contribution < -0.4 is 11.3 Å². The molecule has 2 aromatic heterocycles. The zero-order chi connectivity index (χ0) is 35.0. The van der Waals surface area contributed by atoms with Gasteiger partial charge in [0.1, 0.15) is 70.9 Å². The molecule has 0 spiro atoms. The number of ether oxygens (including phenoxy) is 4. The van der Waals surface area contributed by atoms with E-state index in [0.717, 1.165) is 22.9 Å². The molecular weight excluding hydrogens is 664 g/mol. The number of thioether (sulfide) groups is 1. The summed E-state index contributed by atoms with van der Waals surface area (Å²) in [5.41, 5.74) is -0.990. The van der Waals surface area contributed by atoms with E-state index in [2.05, 4.69) is 0 Å². The quantitative estimate of drug-likeness (QED) is 0.125. The largest absolute Gasteiger partial charge is 0.422 e. The molecule has 2 saturated heterocycles. The minimum atomic E-state index is -1.57. The van der Waals surface area contributed by atoms with E-state index in [1.54, 1.807) is 36.4 Å². The summed E-state index contributed by atoms with van der Waals surface area (Å²) < 4.78 is 34.0. The fraction of sp³-hybridized carbons (Fsp3) is 0.471. The molecule has 6 N–H and O–H groups in total. The number of aliphatic hydroxyl groups excluding tert-OH is 6. The Kier molecular flexibility index (Phi) is 10.9. The summed E-state index contributed by atoms with van der Waals surface area (Å²) in [6.45, 7) is 1.71. The lowest BCUT2D eigenvalue weighted by atomic mass is 9.99. The Balaban J connectivity index is 1.17. The van der Waals surface area contributed by atoms with E-state index < -0.39 is 84.2 Å². The van der Waals surface area contributed by atoms with Crippen molar-refractivity contribution >= 4 is 33.7 Å². The standard InChI is InChI=1S/C34H38O14S/c1-15-3-5-17-9-19(31(41)45-21(17)7-15)13-43-29-25(37)23(11-35)47-33(27(29)39)49-34-28(40)30(26(38)24(12-36)48-34)44-14-20-10-18-6-4-16(2)8-22(18)46-32(20)42/h3-10,23-30,33-40H,11-14H2,1-2H3/t23?,24?,25-,26-,27-,28+,29?,30?,33-,34-/m0/s1. The predicted molar refractivity (Wildman–Crippen MR) is 175 cm³/mol. The third-order valence-corrected chi connectivity index (χ3v) is 10.0. The number of fused-ring (bicyclic) bond motifs is 2. The first-order chi connectivity index (χ1) is 23.5. The highest BCUT2D eigenvalue weighted by atomic mass is 32.2. The van der Waals surface area contributed by atoms with Gasteiger partial charge < -0.3 is 58.4 Å². The molecule has 0 bridgehead atoms. The molecule has 0 radical (unpaired) electrons. The lowest BCUT2D eigenvalue weighted by molar-refractivity contribution is -0.231. The summed E-state index contributed by atoms with van der Waals surface area (Å²) in [5.74, 6) is 0. The van der Waals surface area contributed by atoms with Gasteiger partial charge in [-0.1, -0.05) is 36.0 Å². The van der Waals surface area contributed by atoms with Crippen LogP contribution in [0.5, 0.6) is 0 Å². The molecule has 4 heterocycles. The van der Waals surface area contributed by atoms with Crippen molar-refractivity contribution < 1.29 is 58.4 Å². The van der Waals surface area contributed by atoms with Crippen LogP contribution in [0.3, 0.4) is 0 Å². The first kappa shape index (κ1) is 35.6. The monoisotopic (exact) mass is 702 g/mol. The molecule has 2 aromatic carbocycles. The minimum Gasteiger partial charge on any atom is -0.422 e. The van der Waals surface area contributed by atoms with Crippen LogP contribution in [-0.4, -0.2) is 104 Å². The van der Waals surface area contributed by atoms with E-state index in [-0.39, 0.29) is 24.3 Å². The van der Waals surface area contributed by atoms with Gasteiger partial charge in [0.25, 0.3) is 0 Å². The Morgan fingerprint density at radius 3 is 1.43 bits per heavy atom. The number of hydrogen-bond donors (Lipinski definition) is 6. The first-order valence-corrected chi connectivity index (χ1v) is 16.6. The van der Waals surface area contributed by atoms with Crippen LogP contribution in [0.15, 0.2) is 67.0 Å². The van der Waals surface area contributed by atoms with Crippen molar-refractivity contribution in [2.24, 2.45) is 0 Å². The van der Waals surface area contributed by atoms with Gasteiger partial charge in [0, 0.05) is 10.8 Å². The maximum absolute atomic E-state index is 12.7. The van der Waals surface area contributed by atoms with Crippen molar-refractivity contribution in [3.8, 4) is 0 Å². The van der Waals surface area contributed by atoms with Crippen molar-refractivity contribution in [1.29, 1.82) is 0 Å². The lowest BCUT2D eigenvalue weighted by Gasteiger charge is -2.46. The zero-order valence-electron chi connectivity index (χ0n) is 26.6. The Morgan fingerprint density at radius 1 is 0.633 bits per heavy atom. The summed E-state index contributed by atoms with van der Waals surface area (Å²) in [5, 5.41) is 65.5. The van der Waals surface area contributed by atoms with Crippen LogP contribution in [-0.2, 0) is 32.2 Å². The molecular formula is C34H38O14S. The highest BCUT2D eigenvalue weighted by Gasteiger charge is 2.51. The smallest absolute Gasteiger partial charge is 0.341 e. The van der Waals surface area contributed by atoms with Crippen molar-refractivity contribution in [1.82, 2.24) is 0 Å². The van der Waals surface area contributed by atoms with E-state index in [9.17, 15) is 40.2 Å². The van der Waals surface area contributed by atoms with Crippen LogP contribution in [0.25, 0.3) is 21.9 Å². The van der Waals surface area contributed by atoms with Crippen molar-refractivity contribution in [2.45, 2.75) is 86.8 Å². The molecule has 2 aliphatic heterocycles. The average Bonchev–Trinajstić information content (AvgIpc) is 3.07. The molecule has 0 saturated carbocycles. The van der Waals surface area contributed by atoms with E-state index in [1.807, 2.05) is 26.0 Å². The number of benzene rings is 2. The molecule has 6 rings (SSSR count). The zero-order valence-corrected chi connectivity index (χ0v) is 27.4. The summed E-state index contributed by atoms with van der Waals surface area (Å²) in [6, 6.07) is 13.9. The van der Waals surface area contributed by atoms with Gasteiger partial charge in [-0.05, 0) is 49.2 Å². The van der Waals surface area contributed by atoms with Crippen LogP contribution in [0.2, 0.25) is 0 Å². The predicted octanol–water partition coefficient (Wildman–Crippen LogP) is 0.598. The van der Waals surface area contributed by atoms with E-state index in [1.165, 1.54) is 0 Å². The first-order valence-electron chi connectivity index (χ1n) is 15.7. The molecule has 4 unspecified atom stereocenters. The average molecular weight is 703 g/mol. The summed E-state index contributed by atoms with van der Waals surface area (Å²) in [4.78, 5) is 25.3. The van der Waals surface area contributed by atoms with Gasteiger partial charge in [0.15, 0.2) is 0 Å². The van der Waals surface area contributed by atoms with Crippen molar-refractivity contribution in [3.63, 3.8) is 0 Å². The third-order valence-electron chi connectivity index (χ3n) is 8.70. The topological polar surface area (TPSA) is 219 Å². The number of hydrogen-bond acceptors (Lipinski definition) is 15. The second kappa shape index (κ2) is 15.0. The molecule has 49 heavy (non-hydrogen) atoms. The Bertz CT molecular complexity index is 1760. The van der Waals surface area contributed by atoms with E-state index in [0.29, 0.717) is 21.9 Å². The van der Waals surface area contributed by atoms with Gasteiger partial charge in [-0.3, -0.25) is 0 Å². The number of aliphatic hydroxyl groups is 6. The SMILES string of the molecule is Cc1ccc2cc(COC3[C@@H](O)C(CO)O[C@@H](S[C@@H]4OC(CO)[C@H](O)C(OCc5cc6ccc(C)cc6oc5=O)[C@@H]4O)[C@@H]3O)c(=O)oc2c1. The Morgan fingerprint density at radius 2 is 1.04 bits per heavy atom.